The summed E-state index contributed by atoms with van der Waals surface area (Å²) in [7, 11) is 1.70. The van der Waals surface area contributed by atoms with Gasteiger partial charge in [0.1, 0.15) is 5.75 Å². The molecule has 1 heterocycles. The first-order chi connectivity index (χ1) is 12.6. The fourth-order valence-corrected chi connectivity index (χ4v) is 4.43. The molecule has 0 bridgehead atoms. The van der Waals surface area contributed by atoms with Crippen LogP contribution in [0.5, 0.6) is 5.75 Å². The predicted octanol–water partition coefficient (Wildman–Crippen LogP) is 4.88. The third-order valence-electron chi connectivity index (χ3n) is 5.91. The summed E-state index contributed by atoms with van der Waals surface area (Å²) < 4.78 is 11.7. The Labute approximate surface area is 158 Å². The Bertz CT molecular complexity index is 624. The second-order valence-electron chi connectivity index (χ2n) is 8.19. The molecule has 2 unspecified atom stereocenters. The van der Waals surface area contributed by atoms with Crippen LogP contribution < -0.4 is 10.1 Å². The van der Waals surface area contributed by atoms with Gasteiger partial charge < -0.3 is 14.8 Å². The maximum absolute atomic E-state index is 6.48. The standard InChI is InChI=1S/C23H33NO2/c1-22(2)13-5-4-8-21(22)23(14-6-7-17-26-23)15-16-24-18-19-9-11-20(25-3)12-10-19/h4-5,8-13,21,24H,6-7,14-18H2,1-3H3. The molecule has 3 nitrogen and oxygen atoms in total. The molecule has 2 atom stereocenters. The minimum atomic E-state index is -0.0457. The van der Waals surface area contributed by atoms with Crippen LogP contribution in [-0.2, 0) is 11.3 Å². The number of hydrogen-bond donors (Lipinski definition) is 1. The lowest BCUT2D eigenvalue weighted by Crippen LogP contribution is -2.50. The first-order valence-electron chi connectivity index (χ1n) is 9.89. The van der Waals surface area contributed by atoms with Gasteiger partial charge in [-0.2, -0.15) is 0 Å². The number of benzene rings is 1. The molecule has 1 aromatic rings. The van der Waals surface area contributed by atoms with Gasteiger partial charge in [-0.25, -0.2) is 0 Å². The highest BCUT2D eigenvalue weighted by atomic mass is 16.5. The molecule has 1 fully saturated rings. The lowest BCUT2D eigenvalue weighted by Gasteiger charge is -2.49. The summed E-state index contributed by atoms with van der Waals surface area (Å²) in [5.74, 6) is 1.34. The second kappa shape index (κ2) is 8.41. The van der Waals surface area contributed by atoms with Crippen LogP contribution in [0.1, 0.15) is 45.1 Å². The van der Waals surface area contributed by atoms with Crippen LogP contribution in [0.3, 0.4) is 0 Å². The van der Waals surface area contributed by atoms with Crippen molar-refractivity contribution in [2.24, 2.45) is 11.3 Å². The van der Waals surface area contributed by atoms with Crippen molar-refractivity contribution in [2.45, 2.75) is 51.7 Å². The van der Waals surface area contributed by atoms with Crippen LogP contribution >= 0.6 is 0 Å². The molecule has 0 saturated carbocycles. The van der Waals surface area contributed by atoms with E-state index in [1.807, 2.05) is 12.1 Å². The maximum Gasteiger partial charge on any atom is 0.118 e. The van der Waals surface area contributed by atoms with Crippen LogP contribution in [0.25, 0.3) is 0 Å². The molecule has 26 heavy (non-hydrogen) atoms. The Morgan fingerprint density at radius 3 is 2.62 bits per heavy atom. The van der Waals surface area contributed by atoms with Crippen molar-refractivity contribution >= 4 is 0 Å². The highest BCUT2D eigenvalue weighted by Gasteiger charge is 2.46. The van der Waals surface area contributed by atoms with Gasteiger partial charge in [0.25, 0.3) is 0 Å². The normalized spacial score (nSPS) is 27.4. The summed E-state index contributed by atoms with van der Waals surface area (Å²) in [4.78, 5) is 0. The Morgan fingerprint density at radius 2 is 1.96 bits per heavy atom. The van der Waals surface area contributed by atoms with Gasteiger partial charge in [-0.05, 0) is 55.3 Å². The van der Waals surface area contributed by atoms with E-state index in [9.17, 15) is 0 Å². The molecule has 0 radical (unpaired) electrons. The van der Waals surface area contributed by atoms with E-state index in [4.69, 9.17) is 9.47 Å². The Balaban J connectivity index is 1.60. The van der Waals surface area contributed by atoms with Crippen molar-refractivity contribution < 1.29 is 9.47 Å². The molecule has 3 heteroatoms. The quantitative estimate of drug-likeness (QED) is 0.707. The van der Waals surface area contributed by atoms with E-state index >= 15 is 0 Å². The van der Waals surface area contributed by atoms with E-state index in [1.54, 1.807) is 7.11 Å². The summed E-state index contributed by atoms with van der Waals surface area (Å²) in [6.45, 7) is 7.41. The van der Waals surface area contributed by atoms with Crippen LogP contribution in [0.4, 0.5) is 0 Å². The maximum atomic E-state index is 6.48. The number of hydrogen-bond acceptors (Lipinski definition) is 3. The van der Waals surface area contributed by atoms with Gasteiger partial charge in [-0.3, -0.25) is 0 Å². The minimum absolute atomic E-state index is 0.0457. The summed E-state index contributed by atoms with van der Waals surface area (Å²) in [6, 6.07) is 8.28. The van der Waals surface area contributed by atoms with E-state index in [0.717, 1.165) is 38.3 Å². The van der Waals surface area contributed by atoms with Crippen molar-refractivity contribution in [3.8, 4) is 5.75 Å². The second-order valence-corrected chi connectivity index (χ2v) is 8.19. The molecule has 1 aromatic carbocycles. The van der Waals surface area contributed by atoms with Crippen LogP contribution in [-0.4, -0.2) is 25.9 Å². The van der Waals surface area contributed by atoms with Crippen molar-refractivity contribution in [1.29, 1.82) is 0 Å². The third kappa shape index (κ3) is 4.39. The van der Waals surface area contributed by atoms with Crippen LogP contribution in [0, 0.1) is 11.3 Å². The molecule has 2 aliphatic rings. The first-order valence-corrected chi connectivity index (χ1v) is 9.89. The van der Waals surface area contributed by atoms with Gasteiger partial charge in [0, 0.05) is 19.1 Å². The zero-order valence-electron chi connectivity index (χ0n) is 16.5. The van der Waals surface area contributed by atoms with Crippen LogP contribution in [0.15, 0.2) is 48.6 Å². The third-order valence-corrected chi connectivity index (χ3v) is 5.91. The van der Waals surface area contributed by atoms with Crippen LogP contribution in [0.2, 0.25) is 0 Å². The fourth-order valence-electron chi connectivity index (χ4n) is 4.43. The predicted molar refractivity (Wildman–Crippen MR) is 107 cm³/mol. The van der Waals surface area contributed by atoms with Crippen molar-refractivity contribution in [3.63, 3.8) is 0 Å². The molecule has 0 spiro atoms. The van der Waals surface area contributed by atoms with E-state index in [2.05, 4.69) is 55.6 Å². The lowest BCUT2D eigenvalue weighted by molar-refractivity contribution is -0.128. The molecule has 1 aliphatic heterocycles. The van der Waals surface area contributed by atoms with Gasteiger partial charge in [0.15, 0.2) is 0 Å². The molecular formula is C23H33NO2. The molecule has 3 rings (SSSR count). The van der Waals surface area contributed by atoms with E-state index in [-0.39, 0.29) is 11.0 Å². The number of allylic oxidation sites excluding steroid dienone is 3. The molecular weight excluding hydrogens is 322 g/mol. The van der Waals surface area contributed by atoms with Gasteiger partial charge in [-0.15, -0.1) is 0 Å². The number of nitrogens with one attached hydrogen (secondary N) is 1. The fraction of sp³-hybridized carbons (Fsp3) is 0.565. The average Bonchev–Trinajstić information content (AvgIpc) is 2.66. The molecule has 0 aromatic heterocycles. The molecule has 1 saturated heterocycles. The van der Waals surface area contributed by atoms with Gasteiger partial charge in [-0.1, -0.05) is 50.3 Å². The first kappa shape index (κ1) is 19.2. The zero-order chi connectivity index (χ0) is 18.5. The smallest absolute Gasteiger partial charge is 0.118 e. The Hall–Kier alpha value is -1.58. The molecule has 1 aliphatic carbocycles. The highest BCUT2D eigenvalue weighted by molar-refractivity contribution is 5.27. The van der Waals surface area contributed by atoms with Gasteiger partial charge in [0.05, 0.1) is 12.7 Å². The monoisotopic (exact) mass is 355 g/mol. The SMILES string of the molecule is COc1ccc(CNCCC2(C3C=CC=CC3(C)C)CCCCO2)cc1. The van der Waals surface area contributed by atoms with Crippen molar-refractivity contribution in [3.05, 3.63) is 54.1 Å². The highest BCUT2D eigenvalue weighted by Crippen LogP contribution is 2.47. The van der Waals surface area contributed by atoms with E-state index in [0.29, 0.717) is 5.92 Å². The summed E-state index contributed by atoms with van der Waals surface area (Å²) >= 11 is 0. The minimum Gasteiger partial charge on any atom is -0.497 e. The lowest BCUT2D eigenvalue weighted by atomic mass is 9.64. The van der Waals surface area contributed by atoms with Gasteiger partial charge >= 0.3 is 0 Å². The Kier molecular flexibility index (Phi) is 6.20. The van der Waals surface area contributed by atoms with E-state index < -0.39 is 0 Å². The summed E-state index contributed by atoms with van der Waals surface area (Å²) in [5, 5.41) is 3.61. The largest absolute Gasteiger partial charge is 0.497 e. The zero-order valence-corrected chi connectivity index (χ0v) is 16.5. The Morgan fingerprint density at radius 1 is 1.15 bits per heavy atom. The molecule has 1 N–H and O–H groups in total. The van der Waals surface area contributed by atoms with E-state index in [1.165, 1.54) is 18.4 Å². The summed E-state index contributed by atoms with van der Waals surface area (Å²) in [6.07, 6.45) is 13.7. The summed E-state index contributed by atoms with van der Waals surface area (Å²) in [5.41, 5.74) is 1.38. The molecule has 142 valence electrons. The average molecular weight is 356 g/mol. The van der Waals surface area contributed by atoms with Gasteiger partial charge in [0.2, 0.25) is 0 Å². The topological polar surface area (TPSA) is 30.5 Å². The van der Waals surface area contributed by atoms with Crippen molar-refractivity contribution in [1.82, 2.24) is 5.32 Å². The van der Waals surface area contributed by atoms with Crippen molar-refractivity contribution in [2.75, 3.05) is 20.3 Å². The number of ether oxygens (including phenoxy) is 2. The number of rotatable bonds is 7. The molecule has 0 amide bonds. The number of methoxy groups -OCH3 is 1.